The van der Waals surface area contributed by atoms with Crippen LogP contribution >= 0.6 is 0 Å². The highest BCUT2D eigenvalue weighted by molar-refractivity contribution is 5.21. The van der Waals surface area contributed by atoms with Crippen LogP contribution < -0.4 is 5.32 Å². The molecule has 1 N–H and O–H groups in total. The summed E-state index contributed by atoms with van der Waals surface area (Å²) in [5, 5.41) is 3.63. The van der Waals surface area contributed by atoms with Gasteiger partial charge in [-0.1, -0.05) is 29.8 Å². The van der Waals surface area contributed by atoms with E-state index < -0.39 is 0 Å². The Kier molecular flexibility index (Phi) is 3.16. The summed E-state index contributed by atoms with van der Waals surface area (Å²) >= 11 is 0. The molecular formula is C16H24N2. The second kappa shape index (κ2) is 4.67. The van der Waals surface area contributed by atoms with Crippen molar-refractivity contribution in [1.82, 2.24) is 10.2 Å². The third kappa shape index (κ3) is 2.60. The number of hydrogen-bond acceptors (Lipinski definition) is 2. The average molecular weight is 244 g/mol. The molecule has 18 heavy (non-hydrogen) atoms. The van der Waals surface area contributed by atoms with Crippen molar-refractivity contribution in [2.24, 2.45) is 5.41 Å². The van der Waals surface area contributed by atoms with Gasteiger partial charge in [-0.15, -0.1) is 0 Å². The Morgan fingerprint density at radius 2 is 2.00 bits per heavy atom. The van der Waals surface area contributed by atoms with Gasteiger partial charge in [-0.2, -0.15) is 0 Å². The second-order valence-corrected chi connectivity index (χ2v) is 6.37. The van der Waals surface area contributed by atoms with Gasteiger partial charge >= 0.3 is 0 Å². The van der Waals surface area contributed by atoms with Crippen molar-refractivity contribution in [3.05, 3.63) is 35.4 Å². The summed E-state index contributed by atoms with van der Waals surface area (Å²) in [6.45, 7) is 9.24. The first-order valence-electron chi connectivity index (χ1n) is 7.17. The second-order valence-electron chi connectivity index (χ2n) is 6.37. The van der Waals surface area contributed by atoms with Gasteiger partial charge in [0.05, 0.1) is 0 Å². The molecule has 1 aromatic carbocycles. The van der Waals surface area contributed by atoms with Gasteiger partial charge in [0.15, 0.2) is 0 Å². The predicted octanol–water partition coefficient (Wildman–Crippen LogP) is 2.57. The van der Waals surface area contributed by atoms with Gasteiger partial charge in [0.1, 0.15) is 0 Å². The fourth-order valence-electron chi connectivity index (χ4n) is 2.97. The van der Waals surface area contributed by atoms with Gasteiger partial charge in [-0.25, -0.2) is 0 Å². The van der Waals surface area contributed by atoms with Crippen molar-refractivity contribution >= 4 is 0 Å². The van der Waals surface area contributed by atoms with Crippen molar-refractivity contribution in [2.45, 2.75) is 39.3 Å². The lowest BCUT2D eigenvalue weighted by atomic mass is 10.1. The van der Waals surface area contributed by atoms with E-state index in [0.29, 0.717) is 11.5 Å². The fourth-order valence-corrected chi connectivity index (χ4v) is 2.97. The summed E-state index contributed by atoms with van der Waals surface area (Å²) in [6.07, 6.45) is 2.83. The zero-order valence-corrected chi connectivity index (χ0v) is 11.6. The highest BCUT2D eigenvalue weighted by Crippen LogP contribution is 2.46. The Morgan fingerprint density at radius 3 is 2.67 bits per heavy atom. The quantitative estimate of drug-likeness (QED) is 0.860. The number of nitrogens with zero attached hydrogens (tertiary/aromatic N) is 1. The number of aryl methyl sites for hydroxylation is 1. The third-order valence-corrected chi connectivity index (χ3v) is 4.56. The summed E-state index contributed by atoms with van der Waals surface area (Å²) in [4.78, 5) is 2.66. The summed E-state index contributed by atoms with van der Waals surface area (Å²) in [5.41, 5.74) is 3.41. The van der Waals surface area contributed by atoms with E-state index in [2.05, 4.69) is 48.3 Å². The third-order valence-electron chi connectivity index (χ3n) is 4.56. The molecule has 1 aromatic rings. The van der Waals surface area contributed by atoms with E-state index in [4.69, 9.17) is 0 Å². The molecule has 1 spiro atoms. The van der Waals surface area contributed by atoms with E-state index in [-0.39, 0.29) is 0 Å². The maximum Gasteiger partial charge on any atom is 0.0237 e. The standard InChI is InChI=1S/C16H24N2/c1-13-3-5-15(6-4-13)10-18-12-16(7-8-16)11-17-9-14(18)2/h3-6,14,17H,7-12H2,1-2H3. The summed E-state index contributed by atoms with van der Waals surface area (Å²) in [7, 11) is 0. The van der Waals surface area contributed by atoms with Crippen molar-refractivity contribution in [3.63, 3.8) is 0 Å². The van der Waals surface area contributed by atoms with E-state index in [9.17, 15) is 0 Å². The Morgan fingerprint density at radius 1 is 1.28 bits per heavy atom. The van der Waals surface area contributed by atoms with Crippen molar-refractivity contribution in [1.29, 1.82) is 0 Å². The minimum Gasteiger partial charge on any atom is -0.315 e. The minimum atomic E-state index is 0.607. The number of rotatable bonds is 2. The van der Waals surface area contributed by atoms with Gasteiger partial charge in [0, 0.05) is 32.2 Å². The number of nitrogens with one attached hydrogen (secondary N) is 1. The first kappa shape index (κ1) is 12.2. The average Bonchev–Trinajstić information content (AvgIpc) is 3.12. The zero-order valence-electron chi connectivity index (χ0n) is 11.6. The highest BCUT2D eigenvalue weighted by atomic mass is 15.2. The SMILES string of the molecule is Cc1ccc(CN2CC3(CC3)CNCC2C)cc1. The van der Waals surface area contributed by atoms with Gasteiger partial charge in [0.2, 0.25) is 0 Å². The van der Waals surface area contributed by atoms with Crippen molar-refractivity contribution in [3.8, 4) is 0 Å². The molecule has 0 radical (unpaired) electrons. The van der Waals surface area contributed by atoms with E-state index in [1.165, 1.54) is 37.1 Å². The van der Waals surface area contributed by atoms with Crippen LogP contribution in [0, 0.1) is 12.3 Å². The zero-order chi connectivity index (χ0) is 12.6. The molecule has 1 saturated heterocycles. The maximum absolute atomic E-state index is 3.63. The van der Waals surface area contributed by atoms with Crippen LogP contribution in [0.2, 0.25) is 0 Å². The molecule has 2 aliphatic rings. The molecule has 0 aromatic heterocycles. The summed E-state index contributed by atoms with van der Waals surface area (Å²) in [6, 6.07) is 9.65. The van der Waals surface area contributed by atoms with Crippen LogP contribution in [0.3, 0.4) is 0 Å². The van der Waals surface area contributed by atoms with Gasteiger partial charge in [-0.05, 0) is 37.7 Å². The van der Waals surface area contributed by atoms with Crippen LogP contribution in [0.25, 0.3) is 0 Å². The lowest BCUT2D eigenvalue weighted by molar-refractivity contribution is 0.184. The first-order valence-corrected chi connectivity index (χ1v) is 7.17. The minimum absolute atomic E-state index is 0.607. The largest absolute Gasteiger partial charge is 0.315 e. The molecule has 0 amide bonds. The molecule has 98 valence electrons. The Labute approximate surface area is 110 Å². The molecule has 3 rings (SSSR count). The lowest BCUT2D eigenvalue weighted by Gasteiger charge is -2.29. The molecular weight excluding hydrogens is 220 g/mol. The Hall–Kier alpha value is -0.860. The fraction of sp³-hybridized carbons (Fsp3) is 0.625. The van der Waals surface area contributed by atoms with Crippen LogP contribution in [-0.4, -0.2) is 30.6 Å². The van der Waals surface area contributed by atoms with E-state index in [1.807, 2.05) is 0 Å². The molecule has 0 bridgehead atoms. The van der Waals surface area contributed by atoms with Crippen LogP contribution in [0.1, 0.15) is 30.9 Å². The van der Waals surface area contributed by atoms with E-state index >= 15 is 0 Å². The van der Waals surface area contributed by atoms with Crippen LogP contribution in [0.15, 0.2) is 24.3 Å². The monoisotopic (exact) mass is 244 g/mol. The van der Waals surface area contributed by atoms with Crippen LogP contribution in [-0.2, 0) is 6.54 Å². The van der Waals surface area contributed by atoms with Gasteiger partial charge < -0.3 is 5.32 Å². The molecule has 1 saturated carbocycles. The first-order chi connectivity index (χ1) is 8.67. The van der Waals surface area contributed by atoms with Gasteiger partial charge in [-0.3, -0.25) is 4.90 Å². The Balaban J connectivity index is 1.71. The molecule has 1 heterocycles. The molecule has 2 fully saturated rings. The number of hydrogen-bond donors (Lipinski definition) is 1. The normalized spacial score (nSPS) is 27.1. The molecule has 1 atom stereocenters. The Bertz CT molecular complexity index is 406. The van der Waals surface area contributed by atoms with Crippen LogP contribution in [0.5, 0.6) is 0 Å². The maximum atomic E-state index is 3.63. The van der Waals surface area contributed by atoms with E-state index in [0.717, 1.165) is 13.1 Å². The van der Waals surface area contributed by atoms with Gasteiger partial charge in [0.25, 0.3) is 0 Å². The van der Waals surface area contributed by atoms with Crippen molar-refractivity contribution < 1.29 is 0 Å². The highest BCUT2D eigenvalue weighted by Gasteiger charge is 2.45. The van der Waals surface area contributed by atoms with Crippen LogP contribution in [0.4, 0.5) is 0 Å². The smallest absolute Gasteiger partial charge is 0.0237 e. The lowest BCUT2D eigenvalue weighted by Crippen LogP contribution is -2.37. The molecule has 1 aliphatic heterocycles. The van der Waals surface area contributed by atoms with E-state index in [1.54, 1.807) is 0 Å². The van der Waals surface area contributed by atoms with Crippen molar-refractivity contribution in [2.75, 3.05) is 19.6 Å². The predicted molar refractivity (Wildman–Crippen MR) is 75.6 cm³/mol. The molecule has 2 nitrogen and oxygen atoms in total. The summed E-state index contributed by atoms with van der Waals surface area (Å²) in [5.74, 6) is 0. The molecule has 1 unspecified atom stereocenters. The molecule has 1 aliphatic carbocycles. The molecule has 2 heteroatoms. The number of benzene rings is 1. The topological polar surface area (TPSA) is 15.3 Å². The summed E-state index contributed by atoms with van der Waals surface area (Å²) < 4.78 is 0.